The van der Waals surface area contributed by atoms with E-state index in [1.54, 1.807) is 12.4 Å². The van der Waals surface area contributed by atoms with Gasteiger partial charge in [-0.25, -0.2) is 4.98 Å². The number of pyridine rings is 2. The Bertz CT molecular complexity index is 451. The maximum absolute atomic E-state index is 5.54. The molecule has 0 unspecified atom stereocenters. The Balaban J connectivity index is 0.000000205. The summed E-state index contributed by atoms with van der Waals surface area (Å²) < 4.78 is 0. The highest BCUT2D eigenvalue weighted by atomic mass is 15.2. The molecule has 106 valence electrons. The van der Waals surface area contributed by atoms with Gasteiger partial charge in [0.2, 0.25) is 0 Å². The molecule has 5 nitrogen and oxygen atoms in total. The summed E-state index contributed by atoms with van der Waals surface area (Å²) in [6.45, 7) is 4.37. The molecule has 0 aliphatic carbocycles. The molecule has 3 heterocycles. The molecule has 0 saturated carbocycles. The average Bonchev–Trinajstić information content (AvgIpc) is 2.51. The molecular weight excluding hydrogens is 250 g/mol. The number of nitrogen functional groups attached to an aromatic ring is 1. The quantitative estimate of drug-likeness (QED) is 0.851. The number of aromatic nitrogens is 2. The molecule has 0 aromatic carbocycles. The van der Waals surface area contributed by atoms with Gasteiger partial charge in [0.1, 0.15) is 5.82 Å². The third-order valence-corrected chi connectivity index (χ3v) is 3.21. The second kappa shape index (κ2) is 7.45. The Morgan fingerprint density at radius 2 is 1.70 bits per heavy atom. The largest absolute Gasteiger partial charge is 0.384 e. The molecule has 20 heavy (non-hydrogen) atoms. The highest BCUT2D eigenvalue weighted by Gasteiger charge is 2.13. The predicted molar refractivity (Wildman–Crippen MR) is 82.6 cm³/mol. The molecule has 2 aromatic heterocycles. The molecular formula is C15H21N5. The van der Waals surface area contributed by atoms with Crippen molar-refractivity contribution in [3.05, 3.63) is 48.9 Å². The minimum absolute atomic E-state index is 0.586. The molecule has 0 amide bonds. The topological polar surface area (TPSA) is 58.3 Å². The van der Waals surface area contributed by atoms with Gasteiger partial charge in [0.15, 0.2) is 0 Å². The summed E-state index contributed by atoms with van der Waals surface area (Å²) in [5, 5.41) is 0. The molecule has 1 saturated heterocycles. The Morgan fingerprint density at radius 3 is 2.15 bits per heavy atom. The molecule has 1 fully saturated rings. The highest BCUT2D eigenvalue weighted by Crippen LogP contribution is 2.15. The normalized spacial score (nSPS) is 15.3. The van der Waals surface area contributed by atoms with Crippen molar-refractivity contribution < 1.29 is 0 Å². The van der Waals surface area contributed by atoms with Gasteiger partial charge in [0, 0.05) is 38.6 Å². The molecule has 1 aliphatic rings. The van der Waals surface area contributed by atoms with E-state index in [2.05, 4.69) is 26.8 Å². The summed E-state index contributed by atoms with van der Waals surface area (Å²) in [6.07, 6.45) is 5.35. The molecule has 1 aliphatic heterocycles. The fourth-order valence-electron chi connectivity index (χ4n) is 1.96. The van der Waals surface area contributed by atoms with Crippen molar-refractivity contribution in [2.24, 2.45) is 0 Å². The van der Waals surface area contributed by atoms with Gasteiger partial charge in [-0.05, 0) is 31.3 Å². The van der Waals surface area contributed by atoms with Crippen LogP contribution in [-0.4, -0.2) is 48.1 Å². The van der Waals surface area contributed by atoms with Crippen LogP contribution in [0.1, 0.15) is 0 Å². The fraction of sp³-hybridized carbons (Fsp3) is 0.333. The van der Waals surface area contributed by atoms with Crippen molar-refractivity contribution in [3.8, 4) is 0 Å². The number of rotatable bonds is 1. The number of nitrogens with zero attached hydrogens (tertiary/aromatic N) is 4. The molecule has 0 radical (unpaired) electrons. The van der Waals surface area contributed by atoms with Crippen LogP contribution in [0.4, 0.5) is 11.5 Å². The molecule has 5 heteroatoms. The summed E-state index contributed by atoms with van der Waals surface area (Å²) >= 11 is 0. The molecule has 3 rings (SSSR count). The third-order valence-electron chi connectivity index (χ3n) is 3.21. The van der Waals surface area contributed by atoms with E-state index < -0.39 is 0 Å². The van der Waals surface area contributed by atoms with Crippen LogP contribution in [0.15, 0.2) is 48.9 Å². The van der Waals surface area contributed by atoms with Crippen LogP contribution in [0.25, 0.3) is 0 Å². The smallest absolute Gasteiger partial charge is 0.123 e. The Hall–Kier alpha value is -2.14. The van der Waals surface area contributed by atoms with Gasteiger partial charge in [0.05, 0.1) is 11.9 Å². The lowest BCUT2D eigenvalue weighted by atomic mass is 10.3. The highest BCUT2D eigenvalue weighted by molar-refractivity contribution is 5.48. The lowest BCUT2D eigenvalue weighted by molar-refractivity contribution is 0.313. The summed E-state index contributed by atoms with van der Waals surface area (Å²) in [6, 6.07) is 9.61. The lowest BCUT2D eigenvalue weighted by Crippen LogP contribution is -2.44. The standard InChI is InChI=1S/C10H16N4.C5H5N/c1-13-4-6-14(7-5-13)9-2-3-10(11)12-8-9;1-2-4-6-5-3-1/h2-3,8H,4-7H2,1H3,(H2,11,12);1-5H. The minimum atomic E-state index is 0.586. The first-order valence-electron chi connectivity index (χ1n) is 6.76. The van der Waals surface area contributed by atoms with E-state index in [0.29, 0.717) is 5.82 Å². The van der Waals surface area contributed by atoms with E-state index in [1.807, 2.05) is 36.5 Å². The first-order valence-corrected chi connectivity index (χ1v) is 6.76. The lowest BCUT2D eigenvalue weighted by Gasteiger charge is -2.33. The van der Waals surface area contributed by atoms with Gasteiger partial charge in [-0.3, -0.25) is 4.98 Å². The van der Waals surface area contributed by atoms with E-state index in [-0.39, 0.29) is 0 Å². The van der Waals surface area contributed by atoms with Gasteiger partial charge >= 0.3 is 0 Å². The minimum Gasteiger partial charge on any atom is -0.384 e. The van der Waals surface area contributed by atoms with Crippen molar-refractivity contribution in [1.82, 2.24) is 14.9 Å². The van der Waals surface area contributed by atoms with E-state index in [9.17, 15) is 0 Å². The van der Waals surface area contributed by atoms with Crippen molar-refractivity contribution in [2.45, 2.75) is 0 Å². The zero-order valence-corrected chi connectivity index (χ0v) is 11.8. The number of nitrogens with two attached hydrogens (primary N) is 1. The molecule has 0 spiro atoms. The summed E-state index contributed by atoms with van der Waals surface area (Å²) in [5.41, 5.74) is 6.71. The second-order valence-corrected chi connectivity index (χ2v) is 4.76. The predicted octanol–water partition coefficient (Wildman–Crippen LogP) is 1.50. The number of likely N-dealkylation sites (N-methyl/N-ethyl adjacent to an activating group) is 1. The van der Waals surface area contributed by atoms with Gasteiger partial charge in [-0.2, -0.15) is 0 Å². The number of anilines is 2. The van der Waals surface area contributed by atoms with Crippen molar-refractivity contribution in [2.75, 3.05) is 43.9 Å². The maximum Gasteiger partial charge on any atom is 0.123 e. The SMILES string of the molecule is CN1CCN(c2ccc(N)nc2)CC1.c1ccncc1. The van der Waals surface area contributed by atoms with Crippen LogP contribution in [0.2, 0.25) is 0 Å². The fourth-order valence-corrected chi connectivity index (χ4v) is 1.96. The first kappa shape index (κ1) is 14.3. The van der Waals surface area contributed by atoms with Gasteiger partial charge in [-0.1, -0.05) is 6.07 Å². The zero-order chi connectivity index (χ0) is 14.2. The van der Waals surface area contributed by atoms with Crippen LogP contribution in [0, 0.1) is 0 Å². The first-order chi connectivity index (χ1) is 9.75. The second-order valence-electron chi connectivity index (χ2n) is 4.76. The van der Waals surface area contributed by atoms with E-state index >= 15 is 0 Å². The number of hydrogen-bond donors (Lipinski definition) is 1. The van der Waals surface area contributed by atoms with Gasteiger partial charge in [0.25, 0.3) is 0 Å². The Morgan fingerprint density at radius 1 is 1.00 bits per heavy atom. The summed E-state index contributed by atoms with van der Waals surface area (Å²) in [7, 11) is 2.15. The monoisotopic (exact) mass is 271 g/mol. The summed E-state index contributed by atoms with van der Waals surface area (Å²) in [5.74, 6) is 0.586. The van der Waals surface area contributed by atoms with Crippen molar-refractivity contribution in [3.63, 3.8) is 0 Å². The van der Waals surface area contributed by atoms with E-state index in [0.717, 1.165) is 26.2 Å². The van der Waals surface area contributed by atoms with Gasteiger partial charge in [-0.15, -0.1) is 0 Å². The van der Waals surface area contributed by atoms with Crippen molar-refractivity contribution in [1.29, 1.82) is 0 Å². The Labute approximate surface area is 120 Å². The Kier molecular flexibility index (Phi) is 5.32. The van der Waals surface area contributed by atoms with Crippen LogP contribution in [-0.2, 0) is 0 Å². The van der Waals surface area contributed by atoms with E-state index in [1.165, 1.54) is 5.69 Å². The average molecular weight is 271 g/mol. The molecule has 0 bridgehead atoms. The third kappa shape index (κ3) is 4.51. The van der Waals surface area contributed by atoms with Gasteiger partial charge < -0.3 is 15.5 Å². The van der Waals surface area contributed by atoms with Crippen LogP contribution < -0.4 is 10.6 Å². The van der Waals surface area contributed by atoms with Crippen molar-refractivity contribution >= 4 is 11.5 Å². The number of hydrogen-bond acceptors (Lipinski definition) is 5. The van der Waals surface area contributed by atoms with E-state index in [4.69, 9.17) is 5.73 Å². The molecule has 2 aromatic rings. The van der Waals surface area contributed by atoms with Crippen LogP contribution in [0.3, 0.4) is 0 Å². The number of piperazine rings is 1. The zero-order valence-electron chi connectivity index (χ0n) is 11.8. The maximum atomic E-state index is 5.54. The molecule has 2 N–H and O–H groups in total. The van der Waals surface area contributed by atoms with Crippen LogP contribution in [0.5, 0.6) is 0 Å². The molecule has 0 atom stereocenters. The van der Waals surface area contributed by atoms with Crippen LogP contribution >= 0.6 is 0 Å². The summed E-state index contributed by atoms with van der Waals surface area (Å²) in [4.78, 5) is 12.6.